The van der Waals surface area contributed by atoms with Crippen LogP contribution < -0.4 is 0 Å². The molecule has 34 heavy (non-hydrogen) atoms. The van der Waals surface area contributed by atoms with Gasteiger partial charge in [0.2, 0.25) is 0 Å². The highest BCUT2D eigenvalue weighted by molar-refractivity contribution is 5.87. The number of carbonyl (C=O) groups excluding carboxylic acids is 1. The number of Topliss-reactive ketones (excluding diaryl/α,β-unsaturated/α-hetero) is 1. The maximum Gasteiger partial charge on any atom is 0.160 e. The summed E-state index contributed by atoms with van der Waals surface area (Å²) in [6.45, 7) is 9.05. The Balaban J connectivity index is 1.25. The Morgan fingerprint density at radius 3 is 2.59 bits per heavy atom. The topological polar surface area (TPSA) is 68.0 Å². The van der Waals surface area contributed by atoms with Gasteiger partial charge in [-0.2, -0.15) is 0 Å². The lowest BCUT2D eigenvalue weighted by molar-refractivity contribution is -0.151. The van der Waals surface area contributed by atoms with Crippen LogP contribution in [0.2, 0.25) is 0 Å². The highest BCUT2D eigenvalue weighted by atomic mass is 16.3. The second-order valence-corrected chi connectivity index (χ2v) is 13.1. The molecule has 4 fully saturated rings. The van der Waals surface area contributed by atoms with Gasteiger partial charge >= 0.3 is 0 Å². The Labute approximate surface area is 203 Å². The monoisotopic (exact) mass is 463 g/mol. The zero-order chi connectivity index (χ0) is 23.9. The molecule has 1 aromatic carbocycles. The minimum absolute atomic E-state index is 0.103. The molecule has 5 heteroatoms. The van der Waals surface area contributed by atoms with Gasteiger partial charge in [-0.3, -0.25) is 4.79 Å². The number of hydrogen-bond donors (Lipinski definition) is 1. The van der Waals surface area contributed by atoms with Gasteiger partial charge in [0, 0.05) is 5.92 Å². The number of hydrogen-bond acceptors (Lipinski definition) is 4. The van der Waals surface area contributed by atoms with Crippen molar-refractivity contribution < 1.29 is 9.90 Å². The number of nitrogens with zero attached hydrogens (tertiary/aromatic N) is 3. The molecule has 9 atom stereocenters. The van der Waals surface area contributed by atoms with E-state index >= 15 is 0 Å². The first-order valence-electron chi connectivity index (χ1n) is 13.7. The third kappa shape index (κ3) is 3.18. The molecule has 6 rings (SSSR count). The maximum absolute atomic E-state index is 14.0. The number of aromatic nitrogens is 3. The minimum Gasteiger partial charge on any atom is -0.390 e. The Morgan fingerprint density at radius 1 is 1.00 bits per heavy atom. The van der Waals surface area contributed by atoms with E-state index in [1.807, 2.05) is 42.8 Å². The number of benzene rings is 1. The highest BCUT2D eigenvalue weighted by Crippen LogP contribution is 2.68. The average Bonchev–Trinajstić information content (AvgIpc) is 3.39. The lowest BCUT2D eigenvalue weighted by atomic mass is 9.44. The highest BCUT2D eigenvalue weighted by Gasteiger charge is 2.62. The quantitative estimate of drug-likeness (QED) is 0.609. The third-order valence-electron chi connectivity index (χ3n) is 11.5. The van der Waals surface area contributed by atoms with Gasteiger partial charge < -0.3 is 5.11 Å². The predicted molar refractivity (Wildman–Crippen MR) is 133 cm³/mol. The van der Waals surface area contributed by atoms with Gasteiger partial charge in [-0.15, -0.1) is 5.10 Å². The smallest absolute Gasteiger partial charge is 0.160 e. The van der Waals surface area contributed by atoms with Crippen LogP contribution in [0, 0.1) is 40.4 Å². The van der Waals surface area contributed by atoms with Crippen LogP contribution in [0.5, 0.6) is 0 Å². The molecular weight excluding hydrogens is 422 g/mol. The molecule has 5 nitrogen and oxygen atoms in total. The van der Waals surface area contributed by atoms with Gasteiger partial charge in [0.15, 0.2) is 5.78 Å². The first-order valence-corrected chi connectivity index (χ1v) is 13.7. The average molecular weight is 464 g/mol. The zero-order valence-corrected chi connectivity index (χ0v) is 21.3. The number of aliphatic hydroxyl groups is 1. The van der Waals surface area contributed by atoms with Crippen LogP contribution in [-0.4, -0.2) is 31.5 Å². The summed E-state index contributed by atoms with van der Waals surface area (Å²) >= 11 is 0. The molecule has 0 aliphatic heterocycles. The maximum atomic E-state index is 14.0. The number of rotatable bonds is 3. The van der Waals surface area contributed by atoms with Crippen LogP contribution in [0.4, 0.5) is 0 Å². The summed E-state index contributed by atoms with van der Waals surface area (Å²) in [7, 11) is 0. The van der Waals surface area contributed by atoms with Crippen LogP contribution in [0.3, 0.4) is 0 Å². The van der Waals surface area contributed by atoms with Gasteiger partial charge in [-0.05, 0) is 118 Å². The predicted octanol–water partition coefficient (Wildman–Crippen LogP) is 5.97. The Hall–Kier alpha value is -1.75. The zero-order valence-electron chi connectivity index (χ0n) is 21.3. The summed E-state index contributed by atoms with van der Waals surface area (Å²) in [4.78, 5) is 14.0. The van der Waals surface area contributed by atoms with Crippen LogP contribution in [0.25, 0.3) is 11.0 Å². The van der Waals surface area contributed by atoms with Crippen molar-refractivity contribution in [3.63, 3.8) is 0 Å². The molecule has 0 spiro atoms. The van der Waals surface area contributed by atoms with Gasteiger partial charge in [-0.1, -0.05) is 31.2 Å². The number of carbonyl (C=O) groups is 1. The van der Waals surface area contributed by atoms with Crippen LogP contribution in [0.1, 0.15) is 91.5 Å². The molecule has 1 N–H and O–H groups in total. The first-order chi connectivity index (χ1) is 16.1. The summed E-state index contributed by atoms with van der Waals surface area (Å²) < 4.78 is 1.85. The normalized spacial score (nSPS) is 44.8. The van der Waals surface area contributed by atoms with Crippen molar-refractivity contribution in [1.29, 1.82) is 0 Å². The van der Waals surface area contributed by atoms with Crippen molar-refractivity contribution >= 4 is 16.8 Å². The molecule has 1 heterocycles. The molecule has 0 bridgehead atoms. The van der Waals surface area contributed by atoms with Crippen molar-refractivity contribution in [1.82, 2.24) is 15.0 Å². The summed E-state index contributed by atoms with van der Waals surface area (Å²) in [5.41, 5.74) is 1.79. The molecule has 2 aromatic rings. The van der Waals surface area contributed by atoms with E-state index in [9.17, 15) is 9.90 Å². The fraction of sp³-hybridized carbons (Fsp3) is 0.759. The van der Waals surface area contributed by atoms with Crippen molar-refractivity contribution in [3.8, 4) is 0 Å². The molecular formula is C29H41N3O2. The summed E-state index contributed by atoms with van der Waals surface area (Å²) in [5.74, 6) is 3.28. The molecule has 0 radical (unpaired) electrons. The van der Waals surface area contributed by atoms with Gasteiger partial charge in [-0.25, -0.2) is 4.68 Å². The molecule has 4 aliphatic rings. The number of para-hydroxylation sites is 1. The molecule has 184 valence electrons. The Kier molecular flexibility index (Phi) is 5.09. The van der Waals surface area contributed by atoms with Crippen LogP contribution in [-0.2, 0) is 4.79 Å². The van der Waals surface area contributed by atoms with Gasteiger partial charge in [0.1, 0.15) is 11.6 Å². The van der Waals surface area contributed by atoms with Crippen LogP contribution >= 0.6 is 0 Å². The third-order valence-corrected chi connectivity index (χ3v) is 11.5. The fourth-order valence-electron chi connectivity index (χ4n) is 9.48. The first kappa shape index (κ1) is 22.7. The van der Waals surface area contributed by atoms with E-state index in [1.165, 1.54) is 32.1 Å². The molecule has 1 aromatic heterocycles. The number of fused-ring (bicyclic) bond motifs is 6. The second kappa shape index (κ2) is 7.62. The summed E-state index contributed by atoms with van der Waals surface area (Å²) in [5, 5.41) is 19.4. The van der Waals surface area contributed by atoms with Crippen LogP contribution in [0.15, 0.2) is 24.3 Å². The van der Waals surface area contributed by atoms with Crippen molar-refractivity contribution in [2.75, 3.05) is 0 Å². The van der Waals surface area contributed by atoms with E-state index < -0.39 is 5.60 Å². The largest absolute Gasteiger partial charge is 0.390 e. The van der Waals surface area contributed by atoms with Gasteiger partial charge in [0.25, 0.3) is 0 Å². The molecule has 1 unspecified atom stereocenters. The Bertz CT molecular complexity index is 1110. The molecule has 0 amide bonds. The van der Waals surface area contributed by atoms with Crippen molar-refractivity contribution in [2.45, 2.75) is 97.1 Å². The summed E-state index contributed by atoms with van der Waals surface area (Å²) in [6.07, 6.45) is 10.2. The van der Waals surface area contributed by atoms with Crippen molar-refractivity contribution in [2.24, 2.45) is 40.4 Å². The summed E-state index contributed by atoms with van der Waals surface area (Å²) in [6, 6.07) is 7.67. The van der Waals surface area contributed by atoms with E-state index in [0.29, 0.717) is 23.0 Å². The van der Waals surface area contributed by atoms with Gasteiger partial charge in [0.05, 0.1) is 11.1 Å². The van der Waals surface area contributed by atoms with E-state index in [2.05, 4.69) is 24.2 Å². The number of ketones is 1. The van der Waals surface area contributed by atoms with E-state index in [-0.39, 0.29) is 17.4 Å². The molecule has 4 saturated carbocycles. The lowest BCUT2D eigenvalue weighted by Gasteiger charge is -2.61. The van der Waals surface area contributed by atoms with E-state index in [4.69, 9.17) is 0 Å². The fourth-order valence-corrected chi connectivity index (χ4v) is 9.48. The second-order valence-electron chi connectivity index (χ2n) is 13.1. The molecule has 0 saturated heterocycles. The van der Waals surface area contributed by atoms with E-state index in [1.54, 1.807) is 0 Å². The minimum atomic E-state index is -0.479. The standard InChI is InChI=1S/C29H41N3O2/c1-18(32-25-8-6-5-7-24(25)30-31-32)26(33)23-12-11-21-20-10-9-19-17-27(2,34)15-16-28(19,3)22(20)13-14-29(21,23)4/h5-8,18-23,34H,9-17H2,1-4H3/t18?,19-,20+,21+,22+,23-,27-,28+,29+/m1/s1. The molecule has 4 aliphatic carbocycles. The lowest BCUT2D eigenvalue weighted by Crippen LogP contribution is -2.55. The SMILES string of the molecule is CC(C(=O)[C@H]1CC[C@H]2[C@@H]3CC[C@@H]4C[C@](C)(O)CC[C@]4(C)[C@H]3CC[C@]12C)n1nnc2ccccc21. The van der Waals surface area contributed by atoms with Crippen molar-refractivity contribution in [3.05, 3.63) is 24.3 Å². The van der Waals surface area contributed by atoms with E-state index in [0.717, 1.165) is 48.6 Å². The Morgan fingerprint density at radius 2 is 1.76 bits per heavy atom.